The van der Waals surface area contributed by atoms with Gasteiger partial charge in [0.1, 0.15) is 0 Å². The number of nitrogens with zero attached hydrogens (tertiary/aromatic N) is 1. The van der Waals surface area contributed by atoms with Gasteiger partial charge in [-0.3, -0.25) is 0 Å². The molecule has 0 spiro atoms. The Morgan fingerprint density at radius 2 is 1.93 bits per heavy atom. The van der Waals surface area contributed by atoms with Crippen LogP contribution in [-0.4, -0.2) is 35.7 Å². The zero-order valence-electron chi connectivity index (χ0n) is 10.4. The number of hydrogen-bond donors (Lipinski definition) is 1. The maximum absolute atomic E-state index is 9.78. The molecular weight excluding hydrogens is 186 g/mol. The van der Waals surface area contributed by atoms with E-state index in [1.807, 2.05) is 0 Å². The van der Waals surface area contributed by atoms with Crippen LogP contribution in [0.25, 0.3) is 0 Å². The molecule has 0 saturated heterocycles. The second kappa shape index (κ2) is 4.06. The van der Waals surface area contributed by atoms with E-state index < -0.39 is 0 Å². The van der Waals surface area contributed by atoms with Crippen molar-refractivity contribution in [2.24, 2.45) is 11.3 Å². The van der Waals surface area contributed by atoms with Crippen molar-refractivity contribution >= 4 is 0 Å². The normalized spacial score (nSPS) is 35.8. The highest BCUT2D eigenvalue weighted by Gasteiger charge is 2.39. The first-order valence-corrected chi connectivity index (χ1v) is 6.37. The van der Waals surface area contributed by atoms with Gasteiger partial charge in [-0.2, -0.15) is 0 Å². The van der Waals surface area contributed by atoms with Crippen molar-refractivity contribution < 1.29 is 5.11 Å². The molecule has 2 heteroatoms. The summed E-state index contributed by atoms with van der Waals surface area (Å²) < 4.78 is 0. The van der Waals surface area contributed by atoms with E-state index in [1.54, 1.807) is 0 Å². The van der Waals surface area contributed by atoms with Crippen molar-refractivity contribution in [3.05, 3.63) is 0 Å². The smallest absolute Gasteiger partial charge is 0.0555 e. The number of aliphatic hydroxyl groups excluding tert-OH is 1. The minimum atomic E-state index is -0.0651. The highest BCUT2D eigenvalue weighted by Crippen LogP contribution is 2.40. The average molecular weight is 211 g/mol. The van der Waals surface area contributed by atoms with E-state index in [0.717, 1.165) is 25.2 Å². The van der Waals surface area contributed by atoms with Gasteiger partial charge < -0.3 is 10.0 Å². The van der Waals surface area contributed by atoms with Gasteiger partial charge in [-0.15, -0.1) is 0 Å². The Hall–Kier alpha value is -0.0800. The fourth-order valence-electron chi connectivity index (χ4n) is 3.01. The minimum Gasteiger partial charge on any atom is -0.393 e. The van der Waals surface area contributed by atoms with E-state index in [1.165, 1.54) is 19.4 Å². The summed E-state index contributed by atoms with van der Waals surface area (Å²) in [7, 11) is 2.24. The molecule has 15 heavy (non-hydrogen) atoms. The third-order valence-corrected chi connectivity index (χ3v) is 4.29. The highest BCUT2D eigenvalue weighted by atomic mass is 16.3. The van der Waals surface area contributed by atoms with Crippen LogP contribution in [0, 0.1) is 11.3 Å². The lowest BCUT2D eigenvalue weighted by Crippen LogP contribution is -2.49. The summed E-state index contributed by atoms with van der Waals surface area (Å²) in [5.74, 6) is 0.949. The molecule has 0 bridgehead atoms. The summed E-state index contributed by atoms with van der Waals surface area (Å²) in [4.78, 5) is 2.50. The van der Waals surface area contributed by atoms with Gasteiger partial charge in [-0.1, -0.05) is 13.8 Å². The molecule has 2 atom stereocenters. The van der Waals surface area contributed by atoms with E-state index in [-0.39, 0.29) is 6.10 Å². The largest absolute Gasteiger partial charge is 0.393 e. The first-order chi connectivity index (χ1) is 6.99. The summed E-state index contributed by atoms with van der Waals surface area (Å²) in [6, 6.07) is 0.571. The van der Waals surface area contributed by atoms with Gasteiger partial charge in [0.2, 0.25) is 0 Å². The molecule has 2 unspecified atom stereocenters. The van der Waals surface area contributed by atoms with E-state index >= 15 is 0 Å². The third-order valence-electron chi connectivity index (χ3n) is 4.29. The predicted octanol–water partition coefficient (Wildman–Crippen LogP) is 2.27. The molecule has 2 aliphatic carbocycles. The van der Waals surface area contributed by atoms with Crippen molar-refractivity contribution in [1.29, 1.82) is 0 Å². The number of rotatable bonds is 3. The molecule has 0 radical (unpaired) electrons. The van der Waals surface area contributed by atoms with Crippen LogP contribution in [0.2, 0.25) is 0 Å². The van der Waals surface area contributed by atoms with E-state index in [4.69, 9.17) is 0 Å². The second-order valence-corrected chi connectivity index (χ2v) is 6.32. The Bertz CT molecular complexity index is 223. The maximum atomic E-state index is 9.78. The monoisotopic (exact) mass is 211 g/mol. The first kappa shape index (κ1) is 11.4. The maximum Gasteiger partial charge on any atom is 0.0555 e. The van der Waals surface area contributed by atoms with Crippen LogP contribution in [0.1, 0.15) is 46.0 Å². The Morgan fingerprint density at radius 3 is 2.53 bits per heavy atom. The van der Waals surface area contributed by atoms with Crippen molar-refractivity contribution in [1.82, 2.24) is 4.90 Å². The number of hydrogen-bond acceptors (Lipinski definition) is 2. The van der Waals surface area contributed by atoms with Crippen molar-refractivity contribution in [3.8, 4) is 0 Å². The minimum absolute atomic E-state index is 0.0651. The van der Waals surface area contributed by atoms with Gasteiger partial charge >= 0.3 is 0 Å². The molecular formula is C13H25NO. The molecule has 0 aromatic rings. The summed E-state index contributed by atoms with van der Waals surface area (Å²) in [6.07, 6.45) is 5.88. The van der Waals surface area contributed by atoms with E-state index in [9.17, 15) is 5.11 Å². The summed E-state index contributed by atoms with van der Waals surface area (Å²) in [5, 5.41) is 9.78. The van der Waals surface area contributed by atoms with Crippen LogP contribution in [0.5, 0.6) is 0 Å². The molecule has 2 rings (SSSR count). The van der Waals surface area contributed by atoms with Gasteiger partial charge in [0, 0.05) is 12.6 Å². The molecule has 0 aromatic carbocycles. The quantitative estimate of drug-likeness (QED) is 0.774. The SMILES string of the molecule is CN(CC1CC1)C1CC(O)CCC1(C)C. The standard InChI is InChI=1S/C13H25NO/c1-13(2)7-6-11(15)8-12(13)14(3)9-10-4-5-10/h10-12,15H,4-9H2,1-3H3. The van der Waals surface area contributed by atoms with Crippen LogP contribution in [0.15, 0.2) is 0 Å². The molecule has 0 heterocycles. The summed E-state index contributed by atoms with van der Waals surface area (Å²) in [6.45, 7) is 5.95. The van der Waals surface area contributed by atoms with Crippen LogP contribution in [0.4, 0.5) is 0 Å². The average Bonchev–Trinajstić information content (AvgIpc) is 2.93. The zero-order chi connectivity index (χ0) is 11.1. The van der Waals surface area contributed by atoms with Crippen molar-refractivity contribution in [2.45, 2.75) is 58.1 Å². The van der Waals surface area contributed by atoms with Crippen LogP contribution < -0.4 is 0 Å². The second-order valence-electron chi connectivity index (χ2n) is 6.32. The Morgan fingerprint density at radius 1 is 1.27 bits per heavy atom. The lowest BCUT2D eigenvalue weighted by molar-refractivity contribution is -0.00262. The summed E-state index contributed by atoms with van der Waals surface area (Å²) >= 11 is 0. The van der Waals surface area contributed by atoms with Gasteiger partial charge in [-0.05, 0) is 50.5 Å². The molecule has 2 aliphatic rings. The molecule has 2 fully saturated rings. The van der Waals surface area contributed by atoms with Gasteiger partial charge in [0.05, 0.1) is 6.10 Å². The Labute approximate surface area is 93.7 Å². The molecule has 88 valence electrons. The molecule has 0 aromatic heterocycles. The molecule has 0 amide bonds. The fraction of sp³-hybridized carbons (Fsp3) is 1.00. The van der Waals surface area contributed by atoms with Crippen LogP contribution in [0.3, 0.4) is 0 Å². The first-order valence-electron chi connectivity index (χ1n) is 6.37. The van der Waals surface area contributed by atoms with E-state index in [0.29, 0.717) is 11.5 Å². The van der Waals surface area contributed by atoms with Crippen molar-refractivity contribution in [2.75, 3.05) is 13.6 Å². The van der Waals surface area contributed by atoms with Crippen LogP contribution in [-0.2, 0) is 0 Å². The Kier molecular flexibility index (Phi) is 3.09. The Balaban J connectivity index is 1.95. The van der Waals surface area contributed by atoms with E-state index in [2.05, 4.69) is 25.8 Å². The predicted molar refractivity (Wildman–Crippen MR) is 62.8 cm³/mol. The van der Waals surface area contributed by atoms with Gasteiger partial charge in [-0.25, -0.2) is 0 Å². The van der Waals surface area contributed by atoms with Crippen LogP contribution >= 0.6 is 0 Å². The lowest BCUT2D eigenvalue weighted by Gasteiger charge is -2.45. The van der Waals surface area contributed by atoms with Gasteiger partial charge in [0.15, 0.2) is 0 Å². The zero-order valence-corrected chi connectivity index (χ0v) is 10.4. The third kappa shape index (κ3) is 2.73. The van der Waals surface area contributed by atoms with Crippen molar-refractivity contribution in [3.63, 3.8) is 0 Å². The fourth-order valence-corrected chi connectivity index (χ4v) is 3.01. The molecule has 1 N–H and O–H groups in total. The molecule has 2 saturated carbocycles. The number of aliphatic hydroxyl groups is 1. The lowest BCUT2D eigenvalue weighted by atomic mass is 9.71. The highest BCUT2D eigenvalue weighted by molar-refractivity contribution is 4.93. The topological polar surface area (TPSA) is 23.5 Å². The summed E-state index contributed by atoms with van der Waals surface area (Å²) in [5.41, 5.74) is 0.378. The molecule has 0 aliphatic heterocycles. The van der Waals surface area contributed by atoms with Gasteiger partial charge in [0.25, 0.3) is 0 Å². The molecule has 2 nitrogen and oxygen atoms in total.